The third kappa shape index (κ3) is 1.70. The molecule has 3 heterocycles. The van der Waals surface area contributed by atoms with Crippen molar-refractivity contribution in [2.75, 3.05) is 5.73 Å². The van der Waals surface area contributed by atoms with Crippen molar-refractivity contribution in [3.63, 3.8) is 0 Å². The molecule has 3 aromatic rings. The Morgan fingerprint density at radius 3 is 3.00 bits per heavy atom. The van der Waals surface area contributed by atoms with E-state index in [4.69, 9.17) is 17.3 Å². The number of nitrogens with one attached hydrogen (secondary N) is 1. The maximum absolute atomic E-state index is 5.92. The lowest BCUT2D eigenvalue weighted by Gasteiger charge is -1.98. The first-order valence-corrected chi connectivity index (χ1v) is 5.33. The van der Waals surface area contributed by atoms with Crippen molar-refractivity contribution in [2.24, 2.45) is 0 Å². The fourth-order valence-electron chi connectivity index (χ4n) is 1.67. The second-order valence-electron chi connectivity index (χ2n) is 3.56. The first kappa shape index (κ1) is 10.0. The number of nitrogen functional groups attached to an aromatic ring is 1. The summed E-state index contributed by atoms with van der Waals surface area (Å²) in [6, 6.07) is 3.46. The molecule has 0 aliphatic carbocycles. The third-order valence-corrected chi connectivity index (χ3v) is 2.62. The summed E-state index contributed by atoms with van der Waals surface area (Å²) in [6.07, 6.45) is 5.00. The highest BCUT2D eigenvalue weighted by Gasteiger charge is 2.10. The van der Waals surface area contributed by atoms with Gasteiger partial charge in [-0.3, -0.25) is 0 Å². The van der Waals surface area contributed by atoms with Crippen LogP contribution in [0.5, 0.6) is 0 Å². The van der Waals surface area contributed by atoms with Crippen molar-refractivity contribution in [3.8, 4) is 11.4 Å². The number of pyridine rings is 1. The van der Waals surface area contributed by atoms with Gasteiger partial charge in [-0.05, 0) is 12.1 Å². The molecule has 3 aromatic heterocycles. The monoisotopic (exact) mass is 245 g/mol. The van der Waals surface area contributed by atoms with E-state index in [9.17, 15) is 0 Å². The molecule has 0 bridgehead atoms. The fraction of sp³-hybridized carbons (Fsp3) is 0. The van der Waals surface area contributed by atoms with Crippen LogP contribution in [0.4, 0.5) is 5.82 Å². The Labute approximate surface area is 102 Å². The van der Waals surface area contributed by atoms with Gasteiger partial charge < -0.3 is 10.7 Å². The number of aromatic amines is 1. The van der Waals surface area contributed by atoms with Gasteiger partial charge >= 0.3 is 0 Å². The maximum Gasteiger partial charge on any atom is 0.163 e. The van der Waals surface area contributed by atoms with Gasteiger partial charge in [-0.25, -0.2) is 15.0 Å². The first-order valence-electron chi connectivity index (χ1n) is 4.95. The molecule has 3 N–H and O–H groups in total. The molecular formula is C11H8ClN5. The standard InChI is InChI=1S/C11H8ClN5/c12-6-3-7-8(5-16-10(7)15-4-6)11-14-2-1-9(13)17-11/h1-5H,(H,15,16)(H2,13,14,17). The number of aromatic nitrogens is 4. The Morgan fingerprint density at radius 1 is 1.29 bits per heavy atom. The number of anilines is 1. The summed E-state index contributed by atoms with van der Waals surface area (Å²) in [6.45, 7) is 0. The molecule has 0 aromatic carbocycles. The van der Waals surface area contributed by atoms with Gasteiger partial charge in [-0.1, -0.05) is 11.6 Å². The van der Waals surface area contributed by atoms with Crippen molar-refractivity contribution in [1.82, 2.24) is 19.9 Å². The molecule has 3 rings (SSSR count). The van der Waals surface area contributed by atoms with Crippen LogP contribution in [0.15, 0.2) is 30.7 Å². The SMILES string of the molecule is Nc1ccnc(-c2c[nH]c3ncc(Cl)cc23)n1. The molecule has 0 fully saturated rings. The van der Waals surface area contributed by atoms with E-state index in [2.05, 4.69) is 19.9 Å². The van der Waals surface area contributed by atoms with Crippen LogP contribution in [0.1, 0.15) is 0 Å². The molecule has 17 heavy (non-hydrogen) atoms. The van der Waals surface area contributed by atoms with E-state index in [-0.39, 0.29) is 0 Å². The summed E-state index contributed by atoms with van der Waals surface area (Å²) in [5.41, 5.74) is 7.22. The van der Waals surface area contributed by atoms with E-state index in [0.29, 0.717) is 16.7 Å². The third-order valence-electron chi connectivity index (χ3n) is 2.42. The average Bonchev–Trinajstić information content (AvgIpc) is 2.71. The zero-order valence-corrected chi connectivity index (χ0v) is 9.44. The highest BCUT2D eigenvalue weighted by atomic mass is 35.5. The zero-order chi connectivity index (χ0) is 11.8. The molecule has 0 unspecified atom stereocenters. The maximum atomic E-state index is 5.92. The van der Waals surface area contributed by atoms with E-state index >= 15 is 0 Å². The van der Waals surface area contributed by atoms with Gasteiger partial charge in [-0.15, -0.1) is 0 Å². The van der Waals surface area contributed by atoms with Crippen LogP contribution in [0.3, 0.4) is 0 Å². The Hall–Kier alpha value is -2.14. The molecule has 0 saturated carbocycles. The molecule has 0 saturated heterocycles. The van der Waals surface area contributed by atoms with Gasteiger partial charge in [0.2, 0.25) is 0 Å². The normalized spacial score (nSPS) is 10.9. The number of rotatable bonds is 1. The summed E-state index contributed by atoms with van der Waals surface area (Å²) >= 11 is 5.92. The number of nitrogens with zero attached hydrogens (tertiary/aromatic N) is 3. The zero-order valence-electron chi connectivity index (χ0n) is 8.68. The van der Waals surface area contributed by atoms with Crippen molar-refractivity contribution in [3.05, 3.63) is 35.7 Å². The minimum absolute atomic E-state index is 0.430. The van der Waals surface area contributed by atoms with Gasteiger partial charge in [0.1, 0.15) is 11.5 Å². The van der Waals surface area contributed by atoms with Crippen LogP contribution >= 0.6 is 11.6 Å². The van der Waals surface area contributed by atoms with Crippen LogP contribution in [0, 0.1) is 0 Å². The molecule has 0 aliphatic heterocycles. The predicted molar refractivity (Wildman–Crippen MR) is 66.5 cm³/mol. The number of fused-ring (bicyclic) bond motifs is 1. The van der Waals surface area contributed by atoms with E-state index in [1.165, 1.54) is 0 Å². The predicted octanol–water partition coefficient (Wildman–Crippen LogP) is 2.26. The largest absolute Gasteiger partial charge is 0.384 e. The van der Waals surface area contributed by atoms with Crippen LogP contribution in [0.2, 0.25) is 5.02 Å². The molecule has 0 aliphatic rings. The Bertz CT molecular complexity index is 691. The van der Waals surface area contributed by atoms with Gasteiger partial charge in [0.05, 0.1) is 5.02 Å². The van der Waals surface area contributed by atoms with Crippen molar-refractivity contribution < 1.29 is 0 Å². The van der Waals surface area contributed by atoms with Gasteiger partial charge in [0, 0.05) is 29.5 Å². The molecule has 0 radical (unpaired) electrons. The second kappa shape index (κ2) is 3.71. The van der Waals surface area contributed by atoms with Crippen molar-refractivity contribution in [1.29, 1.82) is 0 Å². The first-order chi connectivity index (χ1) is 8.24. The number of H-pyrrole nitrogens is 1. The quantitative estimate of drug-likeness (QED) is 0.689. The van der Waals surface area contributed by atoms with Crippen molar-refractivity contribution in [2.45, 2.75) is 0 Å². The molecule has 0 spiro atoms. The topological polar surface area (TPSA) is 80.5 Å². The lowest BCUT2D eigenvalue weighted by Crippen LogP contribution is -1.93. The Balaban J connectivity index is 2.27. The smallest absolute Gasteiger partial charge is 0.163 e. The van der Waals surface area contributed by atoms with Gasteiger partial charge in [-0.2, -0.15) is 0 Å². The second-order valence-corrected chi connectivity index (χ2v) is 3.99. The summed E-state index contributed by atoms with van der Waals surface area (Å²) < 4.78 is 0. The number of halogens is 1. The van der Waals surface area contributed by atoms with Crippen LogP contribution in [0.25, 0.3) is 22.4 Å². The van der Waals surface area contributed by atoms with Crippen molar-refractivity contribution >= 4 is 28.5 Å². The average molecular weight is 246 g/mol. The Morgan fingerprint density at radius 2 is 2.18 bits per heavy atom. The molecule has 5 nitrogen and oxygen atoms in total. The summed E-state index contributed by atoms with van der Waals surface area (Å²) in [5, 5.41) is 1.45. The molecule has 0 atom stereocenters. The summed E-state index contributed by atoms with van der Waals surface area (Å²) in [7, 11) is 0. The van der Waals surface area contributed by atoms with Crippen LogP contribution in [-0.4, -0.2) is 19.9 Å². The van der Waals surface area contributed by atoms with Gasteiger partial charge in [0.25, 0.3) is 0 Å². The molecule has 6 heteroatoms. The van der Waals surface area contributed by atoms with E-state index in [0.717, 1.165) is 16.6 Å². The van der Waals surface area contributed by atoms with E-state index in [1.54, 1.807) is 24.7 Å². The van der Waals surface area contributed by atoms with Crippen LogP contribution in [-0.2, 0) is 0 Å². The minimum atomic E-state index is 0.430. The Kier molecular flexibility index (Phi) is 2.19. The lowest BCUT2D eigenvalue weighted by atomic mass is 10.2. The van der Waals surface area contributed by atoms with E-state index in [1.807, 2.05) is 6.07 Å². The van der Waals surface area contributed by atoms with Crippen LogP contribution < -0.4 is 5.73 Å². The number of hydrogen-bond donors (Lipinski definition) is 2. The fourth-order valence-corrected chi connectivity index (χ4v) is 1.82. The minimum Gasteiger partial charge on any atom is -0.384 e. The number of nitrogens with two attached hydrogens (primary N) is 1. The molecule has 0 amide bonds. The number of hydrogen-bond acceptors (Lipinski definition) is 4. The summed E-state index contributed by atoms with van der Waals surface area (Å²) in [4.78, 5) is 15.6. The summed E-state index contributed by atoms with van der Waals surface area (Å²) in [5.74, 6) is 0.986. The molecule has 84 valence electrons. The van der Waals surface area contributed by atoms with E-state index < -0.39 is 0 Å². The highest BCUT2D eigenvalue weighted by Crippen LogP contribution is 2.26. The lowest BCUT2D eigenvalue weighted by molar-refractivity contribution is 1.19. The highest BCUT2D eigenvalue weighted by molar-refractivity contribution is 6.31. The van der Waals surface area contributed by atoms with Gasteiger partial charge in [0.15, 0.2) is 5.82 Å². The molecular weight excluding hydrogens is 238 g/mol.